The minimum Gasteiger partial charge on any atom is -0.368 e. The van der Waals surface area contributed by atoms with E-state index in [2.05, 4.69) is 35.5 Å². The Balaban J connectivity index is 1.43. The van der Waals surface area contributed by atoms with Crippen molar-refractivity contribution in [3.05, 3.63) is 42.4 Å². The number of aryl methyl sites for hydroxylation is 1. The lowest BCUT2D eigenvalue weighted by Crippen LogP contribution is -2.06. The molecule has 28 heavy (non-hydrogen) atoms. The maximum atomic E-state index is 5.59. The van der Waals surface area contributed by atoms with E-state index in [1.54, 1.807) is 23.3 Å². The van der Waals surface area contributed by atoms with Gasteiger partial charge in [-0.3, -0.25) is 9.67 Å². The summed E-state index contributed by atoms with van der Waals surface area (Å²) in [5.74, 6) is 2.33. The highest BCUT2D eigenvalue weighted by Gasteiger charge is 2.24. The molecule has 1 saturated heterocycles. The summed E-state index contributed by atoms with van der Waals surface area (Å²) in [5.41, 5.74) is 1.61. The Kier molecular flexibility index (Phi) is 4.17. The number of fused-ring (bicyclic) bond motifs is 1. The van der Waals surface area contributed by atoms with Crippen molar-refractivity contribution in [1.29, 1.82) is 0 Å². The number of nitrogens with one attached hydrogen (secondary N) is 1. The molecule has 10 heteroatoms. The van der Waals surface area contributed by atoms with Gasteiger partial charge in [0, 0.05) is 31.6 Å². The number of rotatable bonds is 5. The number of hydrogen-bond donors (Lipinski definition) is 1. The molecule has 4 aromatic rings. The maximum absolute atomic E-state index is 5.59. The second-order valence-corrected chi connectivity index (χ2v) is 6.54. The smallest absolute Gasteiger partial charge is 0.255 e. The first-order chi connectivity index (χ1) is 13.8. The van der Waals surface area contributed by atoms with Crippen LogP contribution in [0.25, 0.3) is 22.4 Å². The monoisotopic (exact) mass is 378 g/mol. The summed E-state index contributed by atoms with van der Waals surface area (Å²) < 4.78 is 12.6. The molecule has 0 bridgehead atoms. The number of pyridine rings is 1. The fraction of sp³-hybridized carbons (Fsp3) is 0.333. The minimum absolute atomic E-state index is 0.0939. The predicted octanol–water partition coefficient (Wildman–Crippen LogP) is 2.27. The van der Waals surface area contributed by atoms with Crippen molar-refractivity contribution in [3.63, 3.8) is 0 Å². The summed E-state index contributed by atoms with van der Waals surface area (Å²) in [6, 6.07) is 3.74. The number of ether oxygens (including phenoxy) is 1. The first-order valence-electron chi connectivity index (χ1n) is 9.06. The fourth-order valence-corrected chi connectivity index (χ4v) is 3.19. The zero-order valence-electron chi connectivity index (χ0n) is 15.2. The lowest BCUT2D eigenvalue weighted by Gasteiger charge is -2.07. The summed E-state index contributed by atoms with van der Waals surface area (Å²) in [4.78, 5) is 17.8. The fourth-order valence-electron chi connectivity index (χ4n) is 3.19. The Morgan fingerprint density at radius 2 is 2.11 bits per heavy atom. The summed E-state index contributed by atoms with van der Waals surface area (Å²) in [5, 5.41) is 12.4. The first kappa shape index (κ1) is 16.8. The van der Waals surface area contributed by atoms with Crippen LogP contribution in [0.5, 0.6) is 0 Å². The molecule has 10 nitrogen and oxygen atoms in total. The topological polar surface area (TPSA) is 117 Å². The van der Waals surface area contributed by atoms with E-state index in [-0.39, 0.29) is 6.10 Å². The molecule has 1 aliphatic heterocycles. The summed E-state index contributed by atoms with van der Waals surface area (Å²) in [6.45, 7) is 1.10. The molecule has 0 unspecified atom stereocenters. The van der Waals surface area contributed by atoms with Gasteiger partial charge < -0.3 is 14.6 Å². The van der Waals surface area contributed by atoms with Gasteiger partial charge in [-0.2, -0.15) is 10.1 Å². The molecule has 1 N–H and O–H groups in total. The minimum atomic E-state index is -0.0939. The Bertz CT molecular complexity index is 1100. The summed E-state index contributed by atoms with van der Waals surface area (Å²) >= 11 is 0. The van der Waals surface area contributed by atoms with E-state index in [0.717, 1.165) is 36.0 Å². The van der Waals surface area contributed by atoms with Gasteiger partial charge in [-0.05, 0) is 25.0 Å². The van der Waals surface area contributed by atoms with Crippen molar-refractivity contribution >= 4 is 16.9 Å². The van der Waals surface area contributed by atoms with Crippen molar-refractivity contribution in [2.75, 3.05) is 11.9 Å². The number of hydrogen-bond acceptors (Lipinski definition) is 9. The SMILES string of the molecule is Cn1ncc2c(NCc3noc([C@@H]4CCCO4)n3)nc(-c3ccncc3)nc21. The van der Waals surface area contributed by atoms with E-state index in [9.17, 15) is 0 Å². The van der Waals surface area contributed by atoms with E-state index >= 15 is 0 Å². The van der Waals surface area contributed by atoms with Crippen molar-refractivity contribution in [2.45, 2.75) is 25.5 Å². The molecule has 5 rings (SSSR count). The number of anilines is 1. The third kappa shape index (κ3) is 3.07. The van der Waals surface area contributed by atoms with Gasteiger partial charge in [0.05, 0.1) is 18.1 Å². The lowest BCUT2D eigenvalue weighted by molar-refractivity contribution is 0.0835. The third-order valence-electron chi connectivity index (χ3n) is 4.63. The van der Waals surface area contributed by atoms with E-state index in [4.69, 9.17) is 9.26 Å². The number of nitrogens with zero attached hydrogens (tertiary/aromatic N) is 7. The van der Waals surface area contributed by atoms with Crippen LogP contribution >= 0.6 is 0 Å². The second kappa shape index (κ2) is 6.97. The summed E-state index contributed by atoms with van der Waals surface area (Å²) in [7, 11) is 1.85. The van der Waals surface area contributed by atoms with Gasteiger partial charge in [0.15, 0.2) is 17.3 Å². The average molecular weight is 378 g/mol. The van der Waals surface area contributed by atoms with Gasteiger partial charge >= 0.3 is 0 Å². The van der Waals surface area contributed by atoms with Crippen molar-refractivity contribution < 1.29 is 9.26 Å². The first-order valence-corrected chi connectivity index (χ1v) is 9.06. The normalized spacial score (nSPS) is 16.7. The molecular weight excluding hydrogens is 360 g/mol. The molecule has 0 radical (unpaired) electrons. The molecular formula is C18H18N8O2. The van der Waals surface area contributed by atoms with Gasteiger partial charge in [-0.25, -0.2) is 9.97 Å². The van der Waals surface area contributed by atoms with Crippen LogP contribution in [0.4, 0.5) is 5.82 Å². The second-order valence-electron chi connectivity index (χ2n) is 6.54. The molecule has 4 aromatic heterocycles. The Morgan fingerprint density at radius 1 is 1.21 bits per heavy atom. The van der Waals surface area contributed by atoms with Gasteiger partial charge in [0.25, 0.3) is 5.89 Å². The van der Waals surface area contributed by atoms with Gasteiger partial charge in [0.1, 0.15) is 11.9 Å². The highest BCUT2D eigenvalue weighted by Crippen LogP contribution is 2.27. The Hall–Kier alpha value is -3.40. The van der Waals surface area contributed by atoms with Crippen LogP contribution in [0.2, 0.25) is 0 Å². The van der Waals surface area contributed by atoms with Gasteiger partial charge in [-0.1, -0.05) is 5.16 Å². The predicted molar refractivity (Wildman–Crippen MR) is 99.1 cm³/mol. The van der Waals surface area contributed by atoms with Crippen LogP contribution in [0.1, 0.15) is 30.7 Å². The van der Waals surface area contributed by atoms with E-state index in [1.807, 2.05) is 19.2 Å². The number of aromatic nitrogens is 7. The molecule has 0 spiro atoms. The molecule has 5 heterocycles. The highest BCUT2D eigenvalue weighted by atomic mass is 16.5. The van der Waals surface area contributed by atoms with E-state index < -0.39 is 0 Å². The van der Waals surface area contributed by atoms with Crippen LogP contribution in [-0.2, 0) is 18.3 Å². The molecule has 1 fully saturated rings. The quantitative estimate of drug-likeness (QED) is 0.558. The largest absolute Gasteiger partial charge is 0.368 e. The molecule has 1 aliphatic rings. The molecule has 0 aromatic carbocycles. The standard InChI is InChI=1S/C18H18N8O2/c1-26-17-12(9-21-26)16(23-15(24-17)11-4-6-19-7-5-11)20-10-14-22-18(28-25-14)13-3-2-8-27-13/h4-7,9,13H,2-3,8,10H2,1H3,(H,20,23,24)/t13-/m0/s1. The van der Waals surface area contributed by atoms with Crippen molar-refractivity contribution in [3.8, 4) is 11.4 Å². The van der Waals surface area contributed by atoms with Crippen molar-refractivity contribution in [2.24, 2.45) is 7.05 Å². The zero-order chi connectivity index (χ0) is 18.9. The molecule has 142 valence electrons. The molecule has 0 saturated carbocycles. The average Bonchev–Trinajstić information content (AvgIpc) is 3.48. The maximum Gasteiger partial charge on any atom is 0.255 e. The van der Waals surface area contributed by atoms with Crippen LogP contribution in [0.15, 0.2) is 35.2 Å². The van der Waals surface area contributed by atoms with Crippen LogP contribution in [0, 0.1) is 0 Å². The molecule has 0 amide bonds. The Labute approximate surface area is 160 Å². The zero-order valence-corrected chi connectivity index (χ0v) is 15.2. The van der Waals surface area contributed by atoms with Crippen LogP contribution in [0.3, 0.4) is 0 Å². The lowest BCUT2D eigenvalue weighted by atomic mass is 10.2. The highest BCUT2D eigenvalue weighted by molar-refractivity contribution is 5.88. The van der Waals surface area contributed by atoms with Gasteiger partial charge in [0.2, 0.25) is 0 Å². The van der Waals surface area contributed by atoms with E-state index in [0.29, 0.717) is 29.9 Å². The third-order valence-corrected chi connectivity index (χ3v) is 4.63. The molecule has 1 atom stereocenters. The van der Waals surface area contributed by atoms with Crippen molar-refractivity contribution in [1.82, 2.24) is 34.9 Å². The van der Waals surface area contributed by atoms with E-state index in [1.165, 1.54) is 0 Å². The van der Waals surface area contributed by atoms with Crippen LogP contribution in [-0.4, -0.2) is 41.5 Å². The van der Waals surface area contributed by atoms with Gasteiger partial charge in [-0.15, -0.1) is 0 Å². The Morgan fingerprint density at radius 3 is 2.93 bits per heavy atom. The summed E-state index contributed by atoms with van der Waals surface area (Å²) in [6.07, 6.45) is 6.99. The molecule has 0 aliphatic carbocycles. The van der Waals surface area contributed by atoms with Crippen LogP contribution < -0.4 is 5.32 Å².